The van der Waals surface area contributed by atoms with E-state index in [1.54, 1.807) is 0 Å². The van der Waals surface area contributed by atoms with Crippen molar-refractivity contribution in [3.63, 3.8) is 0 Å². The maximum Gasteiger partial charge on any atom is 0.164 e. The van der Waals surface area contributed by atoms with Crippen LogP contribution in [-0.4, -0.2) is 23.0 Å². The minimum absolute atomic E-state index is 0.647. The molecule has 0 unspecified atom stereocenters. The number of rotatable bonds is 7. The molecule has 50 heavy (non-hydrogen) atoms. The van der Waals surface area contributed by atoms with Gasteiger partial charge >= 0.3 is 0 Å². The molecule has 3 nitrogen and oxygen atoms in total. The maximum absolute atomic E-state index is 5.04. The highest BCUT2D eigenvalue weighted by Gasteiger charge is 2.16. The summed E-state index contributed by atoms with van der Waals surface area (Å²) in [6, 6.07) is 60.1. The van der Waals surface area contributed by atoms with Gasteiger partial charge in [-0.15, -0.1) is 0 Å². The van der Waals surface area contributed by atoms with Gasteiger partial charge in [-0.3, -0.25) is 0 Å². The Balaban J connectivity index is 1.12. The molecule has 0 fully saturated rings. The van der Waals surface area contributed by atoms with E-state index in [-0.39, 0.29) is 0 Å². The van der Waals surface area contributed by atoms with Crippen LogP contribution in [0.1, 0.15) is 0 Å². The Morgan fingerprint density at radius 2 is 0.700 bits per heavy atom. The zero-order valence-electron chi connectivity index (χ0n) is 28.5. The zero-order chi connectivity index (χ0) is 34.1. The molecular weight excluding hydrogens is 623 g/mol. The van der Waals surface area contributed by atoms with E-state index in [1.165, 1.54) is 32.8 Å². The molecule has 0 radical (unpaired) electrons. The number of aromatic nitrogens is 3. The number of hydrogen-bond acceptors (Lipinski definition) is 3. The highest BCUT2D eigenvalue weighted by atomic mass is 28.3. The molecule has 4 heteroatoms. The van der Waals surface area contributed by atoms with Gasteiger partial charge in [-0.1, -0.05) is 176 Å². The number of benzene rings is 7. The van der Waals surface area contributed by atoms with Crippen molar-refractivity contribution in [3.8, 4) is 67.5 Å². The van der Waals surface area contributed by atoms with Gasteiger partial charge in [-0.25, -0.2) is 15.0 Å². The average Bonchev–Trinajstić information content (AvgIpc) is 3.18. The fraction of sp³-hybridized carbons (Fsp3) is 0.0652. The first-order chi connectivity index (χ1) is 24.4. The zero-order valence-corrected chi connectivity index (χ0v) is 29.5. The van der Waals surface area contributed by atoms with Crippen LogP contribution >= 0.6 is 0 Å². The molecule has 8 rings (SSSR count). The van der Waals surface area contributed by atoms with Crippen molar-refractivity contribution in [1.29, 1.82) is 0 Å². The van der Waals surface area contributed by atoms with E-state index in [4.69, 9.17) is 15.0 Å². The largest absolute Gasteiger partial charge is 0.208 e. The summed E-state index contributed by atoms with van der Waals surface area (Å²) in [7, 11) is -1.32. The van der Waals surface area contributed by atoms with Gasteiger partial charge in [-0.2, -0.15) is 0 Å². The summed E-state index contributed by atoms with van der Waals surface area (Å²) in [5.74, 6) is 1.96. The monoisotopic (exact) mass is 659 g/mol. The van der Waals surface area contributed by atoms with Crippen molar-refractivity contribution in [2.24, 2.45) is 0 Å². The summed E-state index contributed by atoms with van der Waals surface area (Å²) in [6.07, 6.45) is 0. The summed E-state index contributed by atoms with van der Waals surface area (Å²) in [5.41, 5.74) is 9.96. The van der Waals surface area contributed by atoms with E-state index in [0.717, 1.165) is 33.2 Å². The van der Waals surface area contributed by atoms with Crippen LogP contribution in [0.2, 0.25) is 19.6 Å². The van der Waals surface area contributed by atoms with E-state index in [9.17, 15) is 0 Å². The fourth-order valence-corrected chi connectivity index (χ4v) is 7.58. The third kappa shape index (κ3) is 6.54. The summed E-state index contributed by atoms with van der Waals surface area (Å²) in [6.45, 7) is 7.16. The minimum atomic E-state index is -1.32. The van der Waals surface area contributed by atoms with E-state index in [0.29, 0.717) is 17.5 Å². The molecule has 0 aliphatic carbocycles. The lowest BCUT2D eigenvalue weighted by atomic mass is 9.96. The second kappa shape index (κ2) is 13.1. The van der Waals surface area contributed by atoms with Crippen molar-refractivity contribution in [1.82, 2.24) is 15.0 Å². The molecular formula is C46H37N3Si. The Hall–Kier alpha value is -5.97. The summed E-state index contributed by atoms with van der Waals surface area (Å²) >= 11 is 0. The first-order valence-electron chi connectivity index (χ1n) is 17.1. The number of nitrogens with zero attached hydrogens (tertiary/aromatic N) is 3. The predicted octanol–water partition coefficient (Wildman–Crippen LogP) is 11.6. The van der Waals surface area contributed by atoms with E-state index >= 15 is 0 Å². The lowest BCUT2D eigenvalue weighted by Crippen LogP contribution is -2.37. The second-order valence-corrected chi connectivity index (χ2v) is 18.9. The van der Waals surface area contributed by atoms with Crippen molar-refractivity contribution < 1.29 is 0 Å². The van der Waals surface area contributed by atoms with Crippen molar-refractivity contribution in [2.75, 3.05) is 0 Å². The molecule has 0 spiro atoms. The van der Waals surface area contributed by atoms with Gasteiger partial charge in [0.15, 0.2) is 17.5 Å². The summed E-state index contributed by atoms with van der Waals surface area (Å²) < 4.78 is 0. The quantitative estimate of drug-likeness (QED) is 0.160. The van der Waals surface area contributed by atoms with Crippen molar-refractivity contribution in [2.45, 2.75) is 19.6 Å². The van der Waals surface area contributed by atoms with Crippen LogP contribution in [0.15, 0.2) is 170 Å². The normalized spacial score (nSPS) is 11.5. The van der Waals surface area contributed by atoms with Crippen LogP contribution in [0.3, 0.4) is 0 Å². The van der Waals surface area contributed by atoms with Gasteiger partial charge in [0.2, 0.25) is 0 Å². The van der Waals surface area contributed by atoms with Gasteiger partial charge in [-0.05, 0) is 62.4 Å². The topological polar surface area (TPSA) is 38.7 Å². The Labute approximate surface area is 295 Å². The van der Waals surface area contributed by atoms with Crippen LogP contribution < -0.4 is 5.19 Å². The van der Waals surface area contributed by atoms with Crippen molar-refractivity contribution >= 4 is 24.0 Å². The summed E-state index contributed by atoms with van der Waals surface area (Å²) in [4.78, 5) is 15.0. The van der Waals surface area contributed by atoms with Crippen LogP contribution in [0.5, 0.6) is 0 Å². The lowest BCUT2D eigenvalue weighted by molar-refractivity contribution is 1.07. The van der Waals surface area contributed by atoms with Crippen LogP contribution in [-0.2, 0) is 0 Å². The van der Waals surface area contributed by atoms with Gasteiger partial charge in [0.25, 0.3) is 0 Å². The Morgan fingerprint density at radius 1 is 0.300 bits per heavy atom. The molecule has 0 saturated carbocycles. The highest BCUT2D eigenvalue weighted by molar-refractivity contribution is 6.88. The second-order valence-electron chi connectivity index (χ2n) is 13.8. The Bertz CT molecular complexity index is 2450. The molecule has 8 aromatic rings. The molecule has 0 saturated heterocycles. The smallest absolute Gasteiger partial charge is 0.164 e. The molecule has 1 heterocycles. The molecule has 240 valence electrons. The maximum atomic E-state index is 5.04. The van der Waals surface area contributed by atoms with Gasteiger partial charge in [0.1, 0.15) is 0 Å². The number of fused-ring (bicyclic) bond motifs is 1. The van der Waals surface area contributed by atoms with Crippen LogP contribution in [0.4, 0.5) is 0 Å². The molecule has 1 aromatic heterocycles. The SMILES string of the molecule is C[Si](C)(C)c1ccc(-c2ccc(-c3cccc(-c4cccc(-c5nc(-c6ccccc6)nc(-c6ccc7ccccc7c6)n5)c4)c3)cc2)cc1. The third-order valence-corrected chi connectivity index (χ3v) is 11.4. The number of hydrogen-bond donors (Lipinski definition) is 0. The molecule has 0 N–H and O–H groups in total. The molecule has 0 amide bonds. The Kier molecular flexibility index (Phi) is 8.23. The molecule has 0 bridgehead atoms. The summed E-state index contributed by atoms with van der Waals surface area (Å²) in [5, 5.41) is 3.82. The van der Waals surface area contributed by atoms with E-state index < -0.39 is 8.07 Å². The molecule has 0 aliphatic rings. The van der Waals surface area contributed by atoms with Gasteiger partial charge < -0.3 is 0 Å². The average molecular weight is 660 g/mol. The van der Waals surface area contributed by atoms with Gasteiger partial charge in [0, 0.05) is 16.7 Å². The third-order valence-electron chi connectivity index (χ3n) is 9.29. The van der Waals surface area contributed by atoms with Crippen LogP contribution in [0, 0.1) is 0 Å². The van der Waals surface area contributed by atoms with Gasteiger partial charge in [0.05, 0.1) is 8.07 Å². The standard InChI is InChI=1S/C46H37N3Si/c1-50(2,3)43-27-25-34(26-28-43)33-19-21-35(22-20-33)38-15-9-16-39(29-38)40-17-10-18-41(31-40)45-47-44(36-12-5-4-6-13-36)48-46(49-45)42-24-23-32-11-7-8-14-37(32)30-42/h4-31H,1-3H3. The van der Waals surface area contributed by atoms with E-state index in [1.807, 2.05) is 30.3 Å². The first-order valence-corrected chi connectivity index (χ1v) is 20.6. The lowest BCUT2D eigenvalue weighted by Gasteiger charge is -2.16. The van der Waals surface area contributed by atoms with Crippen molar-refractivity contribution in [3.05, 3.63) is 170 Å². The molecule has 0 atom stereocenters. The molecule has 7 aromatic carbocycles. The minimum Gasteiger partial charge on any atom is -0.208 e. The Morgan fingerprint density at radius 3 is 1.30 bits per heavy atom. The van der Waals surface area contributed by atoms with E-state index in [2.05, 4.69) is 159 Å². The highest BCUT2D eigenvalue weighted by Crippen LogP contribution is 2.32. The first kappa shape index (κ1) is 31.3. The fourth-order valence-electron chi connectivity index (χ4n) is 6.41. The molecule has 0 aliphatic heterocycles. The predicted molar refractivity (Wildman–Crippen MR) is 213 cm³/mol. The van der Waals surface area contributed by atoms with Crippen LogP contribution in [0.25, 0.3) is 78.3 Å².